The summed E-state index contributed by atoms with van der Waals surface area (Å²) < 4.78 is 16.0. The lowest BCUT2D eigenvalue weighted by Crippen LogP contribution is -2.60. The maximum absolute atomic E-state index is 12.3. The van der Waals surface area contributed by atoms with Crippen LogP contribution >= 0.6 is 0 Å². The second-order valence-corrected chi connectivity index (χ2v) is 7.00. The first kappa shape index (κ1) is 20.4. The lowest BCUT2D eigenvalue weighted by atomic mass is 9.99. The van der Waals surface area contributed by atoms with Crippen molar-refractivity contribution in [1.29, 1.82) is 0 Å². The number of aliphatic hydroxyl groups is 4. The zero-order chi connectivity index (χ0) is 19.6. The number of aromatic hydroxyl groups is 1. The van der Waals surface area contributed by atoms with Crippen molar-refractivity contribution < 1.29 is 44.5 Å². The Kier molecular flexibility index (Phi) is 6.09. The van der Waals surface area contributed by atoms with Gasteiger partial charge in [0.25, 0.3) is 0 Å². The third-order valence-corrected chi connectivity index (χ3v) is 3.67. The minimum Gasteiger partial charge on any atom is -0.508 e. The fourth-order valence-electron chi connectivity index (χ4n) is 2.40. The van der Waals surface area contributed by atoms with E-state index in [0.717, 1.165) is 6.07 Å². The van der Waals surface area contributed by atoms with Crippen LogP contribution in [0.2, 0.25) is 0 Å². The predicted molar refractivity (Wildman–Crippen MR) is 87.7 cm³/mol. The van der Waals surface area contributed by atoms with E-state index in [0.29, 0.717) is 0 Å². The summed E-state index contributed by atoms with van der Waals surface area (Å²) in [6, 6.07) is 3.66. The maximum Gasteiger partial charge on any atom is 0.342 e. The molecule has 1 saturated heterocycles. The molecule has 1 heterocycles. The summed E-state index contributed by atoms with van der Waals surface area (Å²) >= 11 is 0. The third kappa shape index (κ3) is 4.63. The summed E-state index contributed by atoms with van der Waals surface area (Å²) in [7, 11) is 0. The van der Waals surface area contributed by atoms with E-state index in [1.807, 2.05) is 0 Å². The number of carbonyl (C=O) groups is 1. The molecule has 2 rings (SSSR count). The second kappa shape index (κ2) is 7.77. The number of esters is 1. The molecule has 26 heavy (non-hydrogen) atoms. The smallest absolute Gasteiger partial charge is 0.342 e. The maximum atomic E-state index is 12.3. The van der Waals surface area contributed by atoms with Gasteiger partial charge in [0.15, 0.2) is 0 Å². The molecule has 0 unspecified atom stereocenters. The van der Waals surface area contributed by atoms with Crippen molar-refractivity contribution in [2.75, 3.05) is 6.61 Å². The van der Waals surface area contributed by atoms with Gasteiger partial charge in [-0.15, -0.1) is 0 Å². The first-order chi connectivity index (χ1) is 12.0. The number of hydrogen-bond donors (Lipinski definition) is 5. The Morgan fingerprint density at radius 1 is 1.15 bits per heavy atom. The molecule has 0 bridgehead atoms. The Morgan fingerprint density at radius 3 is 2.38 bits per heavy atom. The van der Waals surface area contributed by atoms with Gasteiger partial charge in [0.2, 0.25) is 6.29 Å². The summed E-state index contributed by atoms with van der Waals surface area (Å²) in [6.45, 7) is 4.41. The summed E-state index contributed by atoms with van der Waals surface area (Å²) in [5, 5.41) is 48.5. The number of carbonyl (C=O) groups excluding carboxylic acids is 1. The van der Waals surface area contributed by atoms with Gasteiger partial charge in [0.05, 0.1) is 6.61 Å². The van der Waals surface area contributed by atoms with E-state index < -0.39 is 48.9 Å². The van der Waals surface area contributed by atoms with Gasteiger partial charge in [-0.2, -0.15) is 0 Å². The number of hydrogen-bond acceptors (Lipinski definition) is 9. The van der Waals surface area contributed by atoms with Gasteiger partial charge >= 0.3 is 5.97 Å². The standard InChI is InChI=1S/C17H24O9/c1-17(2,3)26-15(23)9-6-8(19)4-5-10(9)24-16-14(22)13(21)12(20)11(7-18)25-16/h4-6,11-14,16,18-22H,7H2,1-3H3/t11-,12-,13+,14-,16-/m1/s1. The second-order valence-electron chi connectivity index (χ2n) is 7.00. The average molecular weight is 372 g/mol. The van der Waals surface area contributed by atoms with Crippen LogP contribution in [-0.2, 0) is 9.47 Å². The lowest BCUT2D eigenvalue weighted by molar-refractivity contribution is -0.277. The number of benzene rings is 1. The molecule has 5 N–H and O–H groups in total. The summed E-state index contributed by atoms with van der Waals surface area (Å²) in [4.78, 5) is 12.3. The van der Waals surface area contributed by atoms with Gasteiger partial charge in [-0.05, 0) is 39.0 Å². The van der Waals surface area contributed by atoms with Gasteiger partial charge in [-0.25, -0.2) is 4.79 Å². The minimum absolute atomic E-state index is 0.0682. The van der Waals surface area contributed by atoms with E-state index in [-0.39, 0.29) is 17.1 Å². The van der Waals surface area contributed by atoms with Gasteiger partial charge in [-0.3, -0.25) is 0 Å². The lowest BCUT2D eigenvalue weighted by Gasteiger charge is -2.39. The zero-order valence-electron chi connectivity index (χ0n) is 14.7. The highest BCUT2D eigenvalue weighted by molar-refractivity contribution is 5.93. The quantitative estimate of drug-likeness (QED) is 0.443. The Morgan fingerprint density at radius 2 is 1.81 bits per heavy atom. The minimum atomic E-state index is -1.63. The predicted octanol–water partition coefficient (Wildman–Crippen LogP) is -0.474. The molecule has 9 heteroatoms. The fraction of sp³-hybridized carbons (Fsp3) is 0.588. The van der Waals surface area contributed by atoms with Crippen molar-refractivity contribution in [2.24, 2.45) is 0 Å². The molecule has 9 nitrogen and oxygen atoms in total. The number of phenols is 1. The molecule has 0 amide bonds. The fourth-order valence-corrected chi connectivity index (χ4v) is 2.40. The summed E-state index contributed by atoms with van der Waals surface area (Å²) in [5.74, 6) is -1.04. The Hall–Kier alpha value is -1.91. The monoisotopic (exact) mass is 372 g/mol. The number of ether oxygens (including phenoxy) is 3. The van der Waals surface area contributed by atoms with Crippen molar-refractivity contribution in [2.45, 2.75) is 57.1 Å². The van der Waals surface area contributed by atoms with Crippen molar-refractivity contribution in [3.8, 4) is 11.5 Å². The molecular weight excluding hydrogens is 348 g/mol. The molecule has 1 aromatic rings. The van der Waals surface area contributed by atoms with E-state index in [2.05, 4.69) is 0 Å². The van der Waals surface area contributed by atoms with Crippen LogP contribution < -0.4 is 4.74 Å². The van der Waals surface area contributed by atoms with E-state index in [1.54, 1.807) is 20.8 Å². The van der Waals surface area contributed by atoms with Gasteiger partial charge in [-0.1, -0.05) is 0 Å². The molecule has 1 aromatic carbocycles. The van der Waals surface area contributed by atoms with Crippen molar-refractivity contribution in [3.63, 3.8) is 0 Å². The molecule has 0 spiro atoms. The highest BCUT2D eigenvalue weighted by Crippen LogP contribution is 2.30. The summed E-state index contributed by atoms with van der Waals surface area (Å²) in [6.07, 6.45) is -7.39. The van der Waals surface area contributed by atoms with Crippen LogP contribution in [0.25, 0.3) is 0 Å². The molecule has 5 atom stereocenters. The summed E-state index contributed by atoms with van der Waals surface area (Å²) in [5.41, 5.74) is -0.903. The highest BCUT2D eigenvalue weighted by atomic mass is 16.7. The van der Waals surface area contributed by atoms with Crippen LogP contribution in [-0.4, -0.2) is 74.4 Å². The topological polar surface area (TPSA) is 146 Å². The van der Waals surface area contributed by atoms with Gasteiger partial charge in [0, 0.05) is 0 Å². The van der Waals surface area contributed by atoms with E-state index in [9.17, 15) is 30.3 Å². The third-order valence-electron chi connectivity index (χ3n) is 3.67. The molecule has 146 valence electrons. The van der Waals surface area contributed by atoms with E-state index >= 15 is 0 Å². The first-order valence-corrected chi connectivity index (χ1v) is 8.07. The molecule has 0 radical (unpaired) electrons. The Bertz CT molecular complexity index is 638. The van der Waals surface area contributed by atoms with Crippen LogP contribution in [0.4, 0.5) is 0 Å². The number of aliphatic hydroxyl groups excluding tert-OH is 4. The Balaban J connectivity index is 2.27. The van der Waals surface area contributed by atoms with E-state index in [1.165, 1.54) is 12.1 Å². The zero-order valence-corrected chi connectivity index (χ0v) is 14.7. The number of phenolic OH excluding ortho intramolecular Hbond substituents is 1. The average Bonchev–Trinajstić information content (AvgIpc) is 2.55. The molecule has 1 aliphatic rings. The normalized spacial score (nSPS) is 29.3. The molecule has 1 fully saturated rings. The van der Waals surface area contributed by atoms with Gasteiger partial charge in [0.1, 0.15) is 47.1 Å². The van der Waals surface area contributed by atoms with E-state index in [4.69, 9.17) is 14.2 Å². The van der Waals surface area contributed by atoms with Crippen LogP contribution in [0, 0.1) is 0 Å². The highest BCUT2D eigenvalue weighted by Gasteiger charge is 2.45. The van der Waals surface area contributed by atoms with Crippen molar-refractivity contribution >= 4 is 5.97 Å². The van der Waals surface area contributed by atoms with Crippen LogP contribution in [0.15, 0.2) is 18.2 Å². The van der Waals surface area contributed by atoms with Crippen LogP contribution in [0.1, 0.15) is 31.1 Å². The van der Waals surface area contributed by atoms with Crippen molar-refractivity contribution in [3.05, 3.63) is 23.8 Å². The van der Waals surface area contributed by atoms with Crippen LogP contribution in [0.5, 0.6) is 11.5 Å². The number of rotatable bonds is 4. The van der Waals surface area contributed by atoms with Crippen LogP contribution in [0.3, 0.4) is 0 Å². The molecule has 0 aliphatic carbocycles. The Labute approximate surface area is 150 Å². The molecule has 0 saturated carbocycles. The largest absolute Gasteiger partial charge is 0.508 e. The van der Waals surface area contributed by atoms with Gasteiger partial charge < -0.3 is 39.7 Å². The first-order valence-electron chi connectivity index (χ1n) is 8.07. The molecular formula is C17H24O9. The van der Waals surface area contributed by atoms with Crippen molar-refractivity contribution in [1.82, 2.24) is 0 Å². The molecule has 0 aromatic heterocycles. The molecule has 1 aliphatic heterocycles. The SMILES string of the molecule is CC(C)(C)OC(=O)c1cc(O)ccc1O[C@@H]1O[C@H](CO)[C@@H](O)[C@H](O)[C@H]1O.